The molecule has 12 nitrogen and oxygen atoms in total. The van der Waals surface area contributed by atoms with E-state index in [0.29, 0.717) is 82.6 Å². The van der Waals surface area contributed by atoms with Crippen LogP contribution < -0.4 is 18.9 Å². The normalized spacial score (nSPS) is 12.3. The van der Waals surface area contributed by atoms with E-state index in [-0.39, 0.29) is 11.6 Å². The fourth-order valence-corrected chi connectivity index (χ4v) is 8.71. The number of ether oxygens (including phenoxy) is 4. The number of carbonyl (C=O) groups excluding carboxylic acids is 2. The molecule has 2 atom stereocenters. The van der Waals surface area contributed by atoms with Gasteiger partial charge in [0, 0.05) is 39.2 Å². The van der Waals surface area contributed by atoms with Crippen molar-refractivity contribution in [3.8, 4) is 23.0 Å². The van der Waals surface area contributed by atoms with Gasteiger partial charge in [-0.25, -0.2) is 9.59 Å². The number of carbonyl (C=O) groups is 4. The van der Waals surface area contributed by atoms with Gasteiger partial charge in [-0.2, -0.15) is 0 Å². The van der Waals surface area contributed by atoms with E-state index < -0.39 is 24.0 Å². The standard InChI is InChI=1S/C54H52N2O10/c1-35(57)37-16-15-17-38(32-37)63-28-11-3-12-29-64-39-24-26-44-42-19-5-8-21-46(42)55(48(44)33-39)51(53(59)60)52(54(61)62)56-47-22-9-6-20-43(47)45-27-25-40(34-49(45)56)65-30-13-4-14-31-66-50-23-10-7-18-41(50)36(2)58/h5-10,15-27,32-34,51-52H,3-4,11-14,28-31H2,1-2H3,(H,59,60)(H,61,62). The second kappa shape index (κ2) is 20.5. The highest BCUT2D eigenvalue weighted by atomic mass is 16.5. The number of fused-ring (bicyclic) bond motifs is 6. The number of carboxylic acid groups (broad SMARTS) is 2. The summed E-state index contributed by atoms with van der Waals surface area (Å²) >= 11 is 0. The number of benzene rings is 6. The maximum Gasteiger partial charge on any atom is 0.329 e. The predicted octanol–water partition coefficient (Wildman–Crippen LogP) is 11.5. The van der Waals surface area contributed by atoms with Crippen LogP contribution >= 0.6 is 0 Å². The van der Waals surface area contributed by atoms with Crippen LogP contribution in [0.4, 0.5) is 0 Å². The molecule has 2 unspecified atom stereocenters. The van der Waals surface area contributed by atoms with Gasteiger partial charge < -0.3 is 38.3 Å². The fraction of sp³-hybridized carbons (Fsp3) is 0.259. The lowest BCUT2D eigenvalue weighted by Gasteiger charge is -2.26. The molecule has 0 bridgehead atoms. The predicted molar refractivity (Wildman–Crippen MR) is 255 cm³/mol. The molecule has 2 heterocycles. The molecule has 0 saturated heterocycles. The molecule has 338 valence electrons. The van der Waals surface area contributed by atoms with Crippen LogP contribution in [-0.4, -0.2) is 69.3 Å². The van der Waals surface area contributed by atoms with Gasteiger partial charge in [0.1, 0.15) is 23.0 Å². The quantitative estimate of drug-likeness (QED) is 0.0468. The Hall–Kier alpha value is -7.60. The smallest absolute Gasteiger partial charge is 0.329 e. The highest BCUT2D eigenvalue weighted by molar-refractivity contribution is 6.11. The monoisotopic (exact) mass is 888 g/mol. The molecule has 66 heavy (non-hydrogen) atoms. The minimum absolute atomic E-state index is 0.0161. The average Bonchev–Trinajstić information content (AvgIpc) is 3.81. The zero-order valence-corrected chi connectivity index (χ0v) is 37.0. The van der Waals surface area contributed by atoms with E-state index in [1.165, 1.54) is 13.8 Å². The first-order valence-electron chi connectivity index (χ1n) is 22.3. The Bertz CT molecular complexity index is 3060. The van der Waals surface area contributed by atoms with Crippen molar-refractivity contribution in [2.24, 2.45) is 0 Å². The van der Waals surface area contributed by atoms with E-state index in [0.717, 1.165) is 60.1 Å². The molecule has 8 aromatic rings. The fourth-order valence-electron chi connectivity index (χ4n) is 8.71. The van der Waals surface area contributed by atoms with Gasteiger partial charge in [0.15, 0.2) is 23.7 Å². The number of carboxylic acids is 2. The lowest BCUT2D eigenvalue weighted by Crippen LogP contribution is -2.34. The lowest BCUT2D eigenvalue weighted by molar-refractivity contribution is -0.151. The van der Waals surface area contributed by atoms with Gasteiger partial charge >= 0.3 is 11.9 Å². The van der Waals surface area contributed by atoms with E-state index in [2.05, 4.69) is 0 Å². The van der Waals surface area contributed by atoms with Crippen LogP contribution in [0.25, 0.3) is 43.6 Å². The van der Waals surface area contributed by atoms with Gasteiger partial charge in [-0.1, -0.05) is 60.7 Å². The van der Waals surface area contributed by atoms with Gasteiger partial charge in [-0.3, -0.25) is 9.59 Å². The van der Waals surface area contributed by atoms with Crippen LogP contribution in [0.2, 0.25) is 0 Å². The summed E-state index contributed by atoms with van der Waals surface area (Å²) in [5.41, 5.74) is 3.38. The number of nitrogens with zero attached hydrogens (tertiary/aromatic N) is 2. The second-order valence-electron chi connectivity index (χ2n) is 16.3. The molecule has 0 amide bonds. The summed E-state index contributed by atoms with van der Waals surface area (Å²) in [7, 11) is 0. The van der Waals surface area contributed by atoms with Crippen molar-refractivity contribution < 1.29 is 48.3 Å². The molecule has 0 saturated carbocycles. The van der Waals surface area contributed by atoms with Crippen molar-refractivity contribution in [2.75, 3.05) is 26.4 Å². The summed E-state index contributed by atoms with van der Waals surface area (Å²) in [5, 5.41) is 25.5. The maximum absolute atomic E-state index is 13.8. The summed E-state index contributed by atoms with van der Waals surface area (Å²) in [6.45, 7) is 4.79. The van der Waals surface area contributed by atoms with E-state index in [1.54, 1.807) is 51.6 Å². The van der Waals surface area contributed by atoms with Crippen LogP contribution in [0.5, 0.6) is 23.0 Å². The summed E-state index contributed by atoms with van der Waals surface area (Å²) in [4.78, 5) is 51.2. The number of hydrogen-bond acceptors (Lipinski definition) is 8. The second-order valence-corrected chi connectivity index (χ2v) is 16.3. The van der Waals surface area contributed by atoms with Crippen molar-refractivity contribution in [3.63, 3.8) is 0 Å². The SMILES string of the molecule is CC(=O)c1cccc(OCCCCCOc2ccc3c4ccccc4n(C(C(=O)O)C(C(=O)O)n4c5ccccc5c5ccc(OCCCCCOc6ccccc6C(C)=O)cc54)c3c2)c1. The summed E-state index contributed by atoms with van der Waals surface area (Å²) in [6, 6.07) is 37.1. The van der Waals surface area contributed by atoms with Crippen molar-refractivity contribution in [1.29, 1.82) is 0 Å². The topological polar surface area (TPSA) is 156 Å². The Labute approximate surface area is 381 Å². The third-order valence-electron chi connectivity index (χ3n) is 11.9. The number of ketones is 2. The Morgan fingerprint density at radius 3 is 1.36 bits per heavy atom. The summed E-state index contributed by atoms with van der Waals surface area (Å²) in [6.07, 6.45) is 4.65. The molecule has 2 aromatic heterocycles. The molecular formula is C54H52N2O10. The third kappa shape index (κ3) is 9.73. The van der Waals surface area contributed by atoms with Crippen molar-refractivity contribution in [1.82, 2.24) is 9.13 Å². The van der Waals surface area contributed by atoms with Crippen LogP contribution in [0.3, 0.4) is 0 Å². The Kier molecular flexibility index (Phi) is 14.0. The van der Waals surface area contributed by atoms with Crippen molar-refractivity contribution in [3.05, 3.63) is 145 Å². The molecule has 0 aliphatic heterocycles. The average molecular weight is 889 g/mol. The molecule has 0 fully saturated rings. The van der Waals surface area contributed by atoms with Crippen LogP contribution in [-0.2, 0) is 9.59 Å². The summed E-state index contributed by atoms with van der Waals surface area (Å²) in [5.74, 6) is -0.393. The number of hydrogen-bond donors (Lipinski definition) is 2. The number of para-hydroxylation sites is 3. The number of aromatic nitrogens is 2. The summed E-state index contributed by atoms with van der Waals surface area (Å²) < 4.78 is 27.4. The van der Waals surface area contributed by atoms with Gasteiger partial charge in [-0.05, 0) is 113 Å². The highest BCUT2D eigenvalue weighted by Gasteiger charge is 2.40. The first-order valence-corrected chi connectivity index (χ1v) is 22.3. The van der Waals surface area contributed by atoms with E-state index >= 15 is 0 Å². The maximum atomic E-state index is 13.8. The number of rotatable bonds is 23. The Morgan fingerprint density at radius 2 is 0.879 bits per heavy atom. The van der Waals surface area contributed by atoms with Crippen LogP contribution in [0.15, 0.2) is 133 Å². The van der Waals surface area contributed by atoms with Crippen LogP contribution in [0.1, 0.15) is 85.2 Å². The van der Waals surface area contributed by atoms with E-state index in [1.807, 2.05) is 91.0 Å². The first-order chi connectivity index (χ1) is 32.1. The Morgan fingerprint density at radius 1 is 0.439 bits per heavy atom. The zero-order valence-electron chi connectivity index (χ0n) is 37.0. The molecule has 0 radical (unpaired) electrons. The van der Waals surface area contributed by atoms with Gasteiger partial charge in [-0.15, -0.1) is 0 Å². The molecule has 6 aromatic carbocycles. The minimum Gasteiger partial charge on any atom is -0.494 e. The third-order valence-corrected chi connectivity index (χ3v) is 11.9. The van der Waals surface area contributed by atoms with Crippen LogP contribution in [0, 0.1) is 0 Å². The van der Waals surface area contributed by atoms with Gasteiger partial charge in [0.05, 0.1) is 54.1 Å². The number of unbranched alkanes of at least 4 members (excludes halogenated alkanes) is 4. The van der Waals surface area contributed by atoms with Crippen molar-refractivity contribution >= 4 is 67.1 Å². The van der Waals surface area contributed by atoms with Gasteiger partial charge in [0.25, 0.3) is 0 Å². The van der Waals surface area contributed by atoms with E-state index in [4.69, 9.17) is 18.9 Å². The molecular weight excluding hydrogens is 837 g/mol. The van der Waals surface area contributed by atoms with E-state index in [9.17, 15) is 29.4 Å². The van der Waals surface area contributed by atoms with Crippen molar-refractivity contribution in [2.45, 2.75) is 64.5 Å². The minimum atomic E-state index is -1.59. The molecule has 12 heteroatoms. The molecule has 0 aliphatic rings. The lowest BCUT2D eigenvalue weighted by atomic mass is 10.1. The Balaban J connectivity index is 1.02. The highest BCUT2D eigenvalue weighted by Crippen LogP contribution is 2.42. The zero-order chi connectivity index (χ0) is 46.2. The molecule has 0 spiro atoms. The first kappa shape index (κ1) is 45.0. The van der Waals surface area contributed by atoms with Gasteiger partial charge in [0.2, 0.25) is 0 Å². The largest absolute Gasteiger partial charge is 0.494 e. The number of aliphatic carboxylic acids is 2. The molecule has 0 aliphatic carbocycles. The molecule has 8 rings (SSSR count). The molecule has 2 N–H and O–H groups in total. The number of Topliss-reactive ketones (excluding diaryl/α,β-unsaturated/α-hetero) is 2.